The van der Waals surface area contributed by atoms with Gasteiger partial charge in [0.25, 0.3) is 5.56 Å². The number of fused-ring (bicyclic) bond motifs is 3. The van der Waals surface area contributed by atoms with Crippen LogP contribution in [0.4, 0.5) is 0 Å². The molecule has 9 heteroatoms. The Morgan fingerprint density at radius 3 is 2.65 bits per heavy atom. The van der Waals surface area contributed by atoms with Crippen LogP contribution in [-0.4, -0.2) is 24.1 Å². The molecule has 0 atom stereocenters. The maximum atomic E-state index is 13.3. The largest absolute Gasteiger partial charge is 0.440 e. The van der Waals surface area contributed by atoms with Crippen molar-refractivity contribution >= 4 is 39.8 Å². The molecule has 6 rings (SSSR count). The normalized spacial score (nSPS) is 11.6. The van der Waals surface area contributed by atoms with E-state index < -0.39 is 0 Å². The van der Waals surface area contributed by atoms with Gasteiger partial charge in [0, 0.05) is 5.75 Å². The Balaban J connectivity index is 1.41. The van der Waals surface area contributed by atoms with Crippen LogP contribution in [0, 0.1) is 6.92 Å². The van der Waals surface area contributed by atoms with Gasteiger partial charge in [-0.15, -0.1) is 21.5 Å². The number of hydrogen-bond donors (Lipinski definition) is 0. The van der Waals surface area contributed by atoms with Gasteiger partial charge < -0.3 is 4.42 Å². The summed E-state index contributed by atoms with van der Waals surface area (Å²) < 4.78 is 9.53. The summed E-state index contributed by atoms with van der Waals surface area (Å²) >= 11 is 3.12. The molecule has 6 aromatic rings. The highest BCUT2D eigenvalue weighted by molar-refractivity contribution is 7.98. The Morgan fingerprint density at radius 2 is 1.82 bits per heavy atom. The molecule has 168 valence electrons. The Bertz CT molecular complexity index is 1670. The third kappa shape index (κ3) is 3.63. The number of thiophene rings is 1. The molecule has 0 aliphatic rings. The predicted octanol–water partition coefficient (Wildman–Crippen LogP) is 5.41. The van der Waals surface area contributed by atoms with Crippen LogP contribution in [0.5, 0.6) is 0 Å². The monoisotopic (exact) mass is 485 g/mol. The summed E-state index contributed by atoms with van der Waals surface area (Å²) in [5.74, 6) is 2.52. The first-order valence-corrected chi connectivity index (χ1v) is 12.6. The topological polar surface area (TPSA) is 78.2 Å². The average Bonchev–Trinajstić information content (AvgIpc) is 3.61. The quantitative estimate of drug-likeness (QED) is 0.294. The van der Waals surface area contributed by atoms with Crippen LogP contribution in [0.1, 0.15) is 17.0 Å². The van der Waals surface area contributed by atoms with Crippen LogP contribution in [-0.2, 0) is 12.3 Å². The van der Waals surface area contributed by atoms with Gasteiger partial charge in [-0.25, -0.2) is 4.98 Å². The lowest BCUT2D eigenvalue weighted by Crippen LogP contribution is -2.24. The summed E-state index contributed by atoms with van der Waals surface area (Å²) in [5, 5.41) is 12.2. The van der Waals surface area contributed by atoms with E-state index in [2.05, 4.69) is 10.2 Å². The Hall–Kier alpha value is -3.69. The smallest absolute Gasteiger partial charge is 0.263 e. The molecule has 0 bridgehead atoms. The maximum absolute atomic E-state index is 13.3. The van der Waals surface area contributed by atoms with E-state index in [0.717, 1.165) is 27.4 Å². The summed E-state index contributed by atoms with van der Waals surface area (Å²) in [7, 11) is 0. The minimum atomic E-state index is -0.0798. The molecule has 0 spiro atoms. The van der Waals surface area contributed by atoms with Crippen LogP contribution in [0.3, 0.4) is 0 Å². The molecule has 4 heterocycles. The van der Waals surface area contributed by atoms with E-state index in [-0.39, 0.29) is 5.56 Å². The molecular weight excluding hydrogens is 466 g/mol. The van der Waals surface area contributed by atoms with Crippen molar-refractivity contribution < 1.29 is 4.42 Å². The third-order valence-electron chi connectivity index (χ3n) is 5.62. The molecule has 0 aliphatic heterocycles. The number of rotatable bonds is 6. The molecule has 0 radical (unpaired) electrons. The van der Waals surface area contributed by atoms with Gasteiger partial charge in [0.2, 0.25) is 11.7 Å². The number of thioether (sulfide) groups is 1. The summed E-state index contributed by atoms with van der Waals surface area (Å²) in [4.78, 5) is 19.0. The van der Waals surface area contributed by atoms with E-state index in [0.29, 0.717) is 34.5 Å². The number of nitrogens with zero attached hydrogens (tertiary/aromatic N) is 5. The van der Waals surface area contributed by atoms with Gasteiger partial charge in [0.05, 0.1) is 28.0 Å². The van der Waals surface area contributed by atoms with Gasteiger partial charge in [0.1, 0.15) is 5.76 Å². The molecule has 0 aliphatic carbocycles. The van der Waals surface area contributed by atoms with Crippen molar-refractivity contribution in [3.05, 3.63) is 99.5 Å². The van der Waals surface area contributed by atoms with Gasteiger partial charge in [-0.05, 0) is 36.1 Å². The molecule has 0 N–H and O–H groups in total. The maximum Gasteiger partial charge on any atom is 0.263 e. The fourth-order valence-electron chi connectivity index (χ4n) is 3.94. The Morgan fingerprint density at radius 1 is 1.00 bits per heavy atom. The minimum Gasteiger partial charge on any atom is -0.440 e. The molecule has 34 heavy (non-hydrogen) atoms. The van der Waals surface area contributed by atoms with Gasteiger partial charge >= 0.3 is 0 Å². The van der Waals surface area contributed by atoms with Crippen LogP contribution >= 0.6 is 23.1 Å². The van der Waals surface area contributed by atoms with Gasteiger partial charge in [-0.1, -0.05) is 60.3 Å². The van der Waals surface area contributed by atoms with Crippen molar-refractivity contribution in [1.82, 2.24) is 24.1 Å². The highest BCUT2D eigenvalue weighted by Crippen LogP contribution is 2.30. The van der Waals surface area contributed by atoms with E-state index in [1.54, 1.807) is 15.9 Å². The first-order chi connectivity index (χ1) is 16.7. The SMILES string of the molecule is Cc1oc(-c2cccs2)nc1CSc1nnc2n(Cc3ccccc3)c(=O)c3ccccc3n12. The molecular formula is C25H19N5O2S2. The number of hydrogen-bond acceptors (Lipinski definition) is 7. The van der Waals surface area contributed by atoms with Crippen LogP contribution < -0.4 is 5.56 Å². The second-order valence-electron chi connectivity index (χ2n) is 7.80. The molecule has 4 aromatic heterocycles. The Labute approximate surface area is 202 Å². The fraction of sp³-hybridized carbons (Fsp3) is 0.120. The number of para-hydroxylation sites is 1. The van der Waals surface area contributed by atoms with Gasteiger partial charge in [0.15, 0.2) is 5.16 Å². The highest BCUT2D eigenvalue weighted by Gasteiger charge is 2.19. The first-order valence-electron chi connectivity index (χ1n) is 10.7. The van der Waals surface area contributed by atoms with Crippen molar-refractivity contribution in [2.45, 2.75) is 24.4 Å². The van der Waals surface area contributed by atoms with Crippen LogP contribution in [0.25, 0.3) is 27.4 Å². The number of aromatic nitrogens is 5. The lowest BCUT2D eigenvalue weighted by Gasteiger charge is -2.11. The van der Waals surface area contributed by atoms with E-state index in [1.807, 2.05) is 83.4 Å². The Kier molecular flexibility index (Phi) is 5.27. The van der Waals surface area contributed by atoms with Crippen LogP contribution in [0.2, 0.25) is 0 Å². The minimum absolute atomic E-state index is 0.0798. The second-order valence-corrected chi connectivity index (χ2v) is 9.69. The van der Waals surface area contributed by atoms with Crippen LogP contribution in [0.15, 0.2) is 86.5 Å². The van der Waals surface area contributed by atoms with E-state index >= 15 is 0 Å². The lowest BCUT2D eigenvalue weighted by molar-refractivity contribution is 0.542. The van der Waals surface area contributed by atoms with Crippen molar-refractivity contribution in [2.24, 2.45) is 0 Å². The van der Waals surface area contributed by atoms with E-state index in [1.165, 1.54) is 11.8 Å². The summed E-state index contributed by atoms with van der Waals surface area (Å²) in [6.45, 7) is 2.35. The second kappa shape index (κ2) is 8.58. The van der Waals surface area contributed by atoms with E-state index in [9.17, 15) is 4.79 Å². The number of benzene rings is 2. The van der Waals surface area contributed by atoms with Crippen molar-refractivity contribution in [3.63, 3.8) is 0 Å². The zero-order chi connectivity index (χ0) is 23.1. The molecule has 7 nitrogen and oxygen atoms in total. The van der Waals surface area contributed by atoms with Gasteiger partial charge in [-0.3, -0.25) is 13.8 Å². The number of oxazole rings is 1. The van der Waals surface area contributed by atoms with Crippen molar-refractivity contribution in [1.29, 1.82) is 0 Å². The van der Waals surface area contributed by atoms with Crippen molar-refractivity contribution in [2.75, 3.05) is 0 Å². The standard InChI is InChI=1S/C25H19N5O2S2/c1-16-19(26-22(32-16)21-12-7-13-33-21)15-34-25-28-27-24-29(14-17-8-3-2-4-9-17)23(31)18-10-5-6-11-20(18)30(24)25/h2-13H,14-15H2,1H3. The predicted molar refractivity (Wildman–Crippen MR) is 134 cm³/mol. The number of aryl methyl sites for hydroxylation is 1. The van der Waals surface area contributed by atoms with E-state index in [4.69, 9.17) is 9.40 Å². The third-order valence-corrected chi connectivity index (χ3v) is 7.42. The fourth-order valence-corrected chi connectivity index (χ4v) is 5.53. The highest BCUT2D eigenvalue weighted by atomic mass is 32.2. The summed E-state index contributed by atoms with van der Waals surface area (Å²) in [5.41, 5.74) is 2.60. The molecule has 0 fully saturated rings. The summed E-state index contributed by atoms with van der Waals surface area (Å²) in [6, 6.07) is 21.5. The van der Waals surface area contributed by atoms with Gasteiger partial charge in [-0.2, -0.15) is 0 Å². The molecule has 0 unspecified atom stereocenters. The molecule has 0 saturated heterocycles. The summed E-state index contributed by atoms with van der Waals surface area (Å²) in [6.07, 6.45) is 0. The first kappa shape index (κ1) is 20.9. The lowest BCUT2D eigenvalue weighted by atomic mass is 10.2. The average molecular weight is 486 g/mol. The zero-order valence-corrected chi connectivity index (χ0v) is 19.8. The molecule has 0 saturated carbocycles. The molecule has 0 amide bonds. The molecule has 2 aromatic carbocycles. The zero-order valence-electron chi connectivity index (χ0n) is 18.2. The van der Waals surface area contributed by atoms with Crippen molar-refractivity contribution in [3.8, 4) is 10.8 Å².